The van der Waals surface area contributed by atoms with Gasteiger partial charge in [0.05, 0.1) is 17.0 Å². The first-order chi connectivity index (χ1) is 7.61. The van der Waals surface area contributed by atoms with E-state index in [0.717, 1.165) is 0 Å². The Balaban J connectivity index is 2.36. The summed E-state index contributed by atoms with van der Waals surface area (Å²) in [5.74, 6) is -2.27. The zero-order valence-electron chi connectivity index (χ0n) is 8.32. The maximum Gasteiger partial charge on any atom is 0.309 e. The lowest BCUT2D eigenvalue weighted by Gasteiger charge is -2.16. The van der Waals surface area contributed by atoms with Crippen molar-refractivity contribution < 1.29 is 19.0 Å². The summed E-state index contributed by atoms with van der Waals surface area (Å²) in [6, 6.07) is 4.51. The minimum Gasteiger partial charge on any atom is -0.481 e. The molecule has 0 saturated carbocycles. The number of benzene rings is 1. The van der Waals surface area contributed by atoms with E-state index in [-0.39, 0.29) is 10.6 Å². The van der Waals surface area contributed by atoms with Gasteiger partial charge in [-0.25, -0.2) is 4.39 Å². The van der Waals surface area contributed by atoms with Gasteiger partial charge in [0.1, 0.15) is 5.82 Å². The second kappa shape index (κ2) is 4.39. The molecule has 5 heteroatoms. The van der Waals surface area contributed by atoms with Crippen molar-refractivity contribution in [2.45, 2.75) is 12.5 Å². The predicted octanol–water partition coefficient (Wildman–Crippen LogP) is 2.64. The van der Waals surface area contributed by atoms with Crippen LogP contribution in [0.25, 0.3) is 0 Å². The standard InChI is InChI=1S/C11H10ClFO3/c12-8-3-1-2-6(9(8)13)10-7(11(14)15)4-5-16-10/h1-3,7,10H,4-5H2,(H,14,15). The van der Waals surface area contributed by atoms with Crippen LogP contribution in [-0.4, -0.2) is 17.7 Å². The number of hydrogen-bond acceptors (Lipinski definition) is 2. The van der Waals surface area contributed by atoms with E-state index in [1.807, 2.05) is 0 Å². The van der Waals surface area contributed by atoms with Crippen molar-refractivity contribution >= 4 is 17.6 Å². The van der Waals surface area contributed by atoms with Crippen molar-refractivity contribution in [1.29, 1.82) is 0 Å². The molecule has 1 N–H and O–H groups in total. The first-order valence-electron chi connectivity index (χ1n) is 4.89. The summed E-state index contributed by atoms with van der Waals surface area (Å²) >= 11 is 5.64. The summed E-state index contributed by atoms with van der Waals surface area (Å²) in [5.41, 5.74) is 0.220. The molecule has 0 amide bonds. The summed E-state index contributed by atoms with van der Waals surface area (Å²) < 4.78 is 19.0. The average molecular weight is 245 g/mol. The summed E-state index contributed by atoms with van der Waals surface area (Å²) in [4.78, 5) is 10.9. The Morgan fingerprint density at radius 3 is 3.00 bits per heavy atom. The van der Waals surface area contributed by atoms with E-state index in [1.54, 1.807) is 6.07 Å². The van der Waals surface area contributed by atoms with E-state index in [0.29, 0.717) is 13.0 Å². The van der Waals surface area contributed by atoms with E-state index >= 15 is 0 Å². The zero-order chi connectivity index (χ0) is 11.7. The normalized spacial score (nSPS) is 24.6. The summed E-state index contributed by atoms with van der Waals surface area (Å²) in [7, 11) is 0. The fraction of sp³-hybridized carbons (Fsp3) is 0.364. The van der Waals surface area contributed by atoms with Crippen LogP contribution in [0.3, 0.4) is 0 Å². The SMILES string of the molecule is O=C(O)C1CCOC1c1cccc(Cl)c1F. The number of carboxylic acid groups (broad SMARTS) is 1. The molecule has 2 unspecified atom stereocenters. The fourth-order valence-electron chi connectivity index (χ4n) is 1.89. The van der Waals surface area contributed by atoms with Crippen LogP contribution < -0.4 is 0 Å². The summed E-state index contributed by atoms with van der Waals surface area (Å²) in [6.45, 7) is 0.327. The van der Waals surface area contributed by atoms with Gasteiger partial charge in [0.2, 0.25) is 0 Å². The van der Waals surface area contributed by atoms with Crippen LogP contribution in [0, 0.1) is 11.7 Å². The third-order valence-electron chi connectivity index (χ3n) is 2.70. The topological polar surface area (TPSA) is 46.5 Å². The van der Waals surface area contributed by atoms with Crippen LogP contribution in [0.5, 0.6) is 0 Å². The van der Waals surface area contributed by atoms with E-state index < -0.39 is 23.8 Å². The molecule has 0 spiro atoms. The lowest BCUT2D eigenvalue weighted by Crippen LogP contribution is -2.18. The van der Waals surface area contributed by atoms with Gasteiger partial charge in [-0.2, -0.15) is 0 Å². The van der Waals surface area contributed by atoms with Crippen LogP contribution in [0.15, 0.2) is 18.2 Å². The lowest BCUT2D eigenvalue weighted by atomic mass is 9.95. The number of rotatable bonds is 2. The van der Waals surface area contributed by atoms with Gasteiger partial charge in [0.15, 0.2) is 0 Å². The van der Waals surface area contributed by atoms with Gasteiger partial charge in [-0.15, -0.1) is 0 Å². The number of hydrogen-bond donors (Lipinski definition) is 1. The van der Waals surface area contributed by atoms with Gasteiger partial charge in [0, 0.05) is 12.2 Å². The molecule has 16 heavy (non-hydrogen) atoms. The van der Waals surface area contributed by atoms with Gasteiger partial charge < -0.3 is 9.84 Å². The van der Waals surface area contributed by atoms with Gasteiger partial charge in [0.25, 0.3) is 0 Å². The van der Waals surface area contributed by atoms with Crippen LogP contribution in [-0.2, 0) is 9.53 Å². The van der Waals surface area contributed by atoms with Crippen molar-refractivity contribution in [3.8, 4) is 0 Å². The molecule has 2 rings (SSSR count). The van der Waals surface area contributed by atoms with Gasteiger partial charge >= 0.3 is 5.97 Å². The summed E-state index contributed by atoms with van der Waals surface area (Å²) in [6.07, 6.45) is -0.345. The van der Waals surface area contributed by atoms with Crippen LogP contribution in [0.4, 0.5) is 4.39 Å². The van der Waals surface area contributed by atoms with Gasteiger partial charge in [-0.3, -0.25) is 4.79 Å². The Morgan fingerprint density at radius 1 is 1.56 bits per heavy atom. The van der Waals surface area contributed by atoms with E-state index in [2.05, 4.69) is 0 Å². The number of carbonyl (C=O) groups is 1. The van der Waals surface area contributed by atoms with E-state index in [9.17, 15) is 9.18 Å². The van der Waals surface area contributed by atoms with E-state index in [1.165, 1.54) is 12.1 Å². The minimum atomic E-state index is -0.970. The number of ether oxygens (including phenoxy) is 1. The molecule has 1 aromatic rings. The zero-order valence-corrected chi connectivity index (χ0v) is 9.08. The quantitative estimate of drug-likeness (QED) is 0.870. The smallest absolute Gasteiger partial charge is 0.309 e. The number of halogens is 2. The lowest BCUT2D eigenvalue weighted by molar-refractivity contribution is -0.143. The first kappa shape index (κ1) is 11.4. The van der Waals surface area contributed by atoms with Crippen LogP contribution in [0.2, 0.25) is 5.02 Å². The van der Waals surface area contributed by atoms with Gasteiger partial charge in [-0.05, 0) is 12.5 Å². The molecule has 0 radical (unpaired) electrons. The first-order valence-corrected chi connectivity index (χ1v) is 5.27. The van der Waals surface area contributed by atoms with E-state index in [4.69, 9.17) is 21.4 Å². The molecule has 2 atom stereocenters. The fourth-order valence-corrected chi connectivity index (χ4v) is 2.07. The van der Waals surface area contributed by atoms with Crippen LogP contribution >= 0.6 is 11.6 Å². The Kier molecular flexibility index (Phi) is 3.12. The van der Waals surface area contributed by atoms with Crippen molar-refractivity contribution in [2.75, 3.05) is 6.61 Å². The molecule has 1 saturated heterocycles. The maximum atomic E-state index is 13.7. The second-order valence-electron chi connectivity index (χ2n) is 3.67. The van der Waals surface area contributed by atoms with Crippen molar-refractivity contribution in [2.24, 2.45) is 5.92 Å². The Hall–Kier alpha value is -1.13. The number of aliphatic carboxylic acids is 1. The summed E-state index contributed by atoms with van der Waals surface area (Å²) in [5, 5.41) is 8.95. The molecule has 1 fully saturated rings. The third kappa shape index (κ3) is 1.90. The second-order valence-corrected chi connectivity index (χ2v) is 4.08. The average Bonchev–Trinajstić information content (AvgIpc) is 2.70. The molecule has 3 nitrogen and oxygen atoms in total. The Morgan fingerprint density at radius 2 is 2.31 bits per heavy atom. The Labute approximate surface area is 96.8 Å². The molecule has 0 aliphatic carbocycles. The number of carboxylic acids is 1. The molecular weight excluding hydrogens is 235 g/mol. The minimum absolute atomic E-state index is 0.0165. The molecule has 0 aromatic heterocycles. The largest absolute Gasteiger partial charge is 0.481 e. The highest BCUT2D eigenvalue weighted by Gasteiger charge is 2.36. The highest BCUT2D eigenvalue weighted by atomic mass is 35.5. The molecule has 1 heterocycles. The predicted molar refractivity (Wildman–Crippen MR) is 55.8 cm³/mol. The van der Waals surface area contributed by atoms with Gasteiger partial charge in [-0.1, -0.05) is 23.7 Å². The van der Waals surface area contributed by atoms with Crippen molar-refractivity contribution in [3.05, 3.63) is 34.6 Å². The third-order valence-corrected chi connectivity index (χ3v) is 2.99. The molecule has 1 aliphatic heterocycles. The maximum absolute atomic E-state index is 13.7. The van der Waals surface area contributed by atoms with Crippen molar-refractivity contribution in [1.82, 2.24) is 0 Å². The van der Waals surface area contributed by atoms with Crippen molar-refractivity contribution in [3.63, 3.8) is 0 Å². The van der Waals surface area contributed by atoms with Crippen LogP contribution in [0.1, 0.15) is 18.1 Å². The molecular formula is C11H10ClFO3. The molecule has 1 aromatic carbocycles. The monoisotopic (exact) mass is 244 g/mol. The molecule has 1 aliphatic rings. The molecule has 0 bridgehead atoms. The highest BCUT2D eigenvalue weighted by Crippen LogP contribution is 2.37. The molecule has 86 valence electrons. The Bertz CT molecular complexity index is 422. The highest BCUT2D eigenvalue weighted by molar-refractivity contribution is 6.30.